The summed E-state index contributed by atoms with van der Waals surface area (Å²) in [5.41, 5.74) is -2.11. The number of carbonyl (C=O) groups excluding carboxylic acids is 1. The normalized spacial score (nSPS) is 54.0. The maximum Gasteiger partial charge on any atom is 0.175 e. The van der Waals surface area contributed by atoms with Crippen LogP contribution in [0.3, 0.4) is 0 Å². The molecule has 0 bridgehead atoms. The lowest BCUT2D eigenvalue weighted by Crippen LogP contribution is -2.72. The summed E-state index contributed by atoms with van der Waals surface area (Å²) in [4.78, 5) is 13.4. The minimum Gasteiger partial charge on any atom is -0.393 e. The van der Waals surface area contributed by atoms with Gasteiger partial charge >= 0.3 is 0 Å². The third-order valence-electron chi connectivity index (χ3n) is 11.8. The molecule has 0 aromatic heterocycles. The van der Waals surface area contributed by atoms with Gasteiger partial charge in [0.15, 0.2) is 11.4 Å². The first-order valence-electron chi connectivity index (χ1n) is 15.3. The second-order valence-corrected chi connectivity index (χ2v) is 13.5. The fraction of sp³-hybridized carbons (Fsp3) is 0.967. The van der Waals surface area contributed by atoms with Gasteiger partial charge in [0.2, 0.25) is 0 Å². The molecule has 8 heteroatoms. The van der Waals surface area contributed by atoms with Crippen molar-refractivity contribution in [3.63, 3.8) is 0 Å². The Labute approximate surface area is 226 Å². The summed E-state index contributed by atoms with van der Waals surface area (Å²) >= 11 is 0. The molecule has 0 radical (unpaired) electrons. The number of fused-ring (bicyclic) bond motifs is 3. The van der Waals surface area contributed by atoms with Crippen LogP contribution in [0.2, 0.25) is 0 Å². The Bertz CT molecular complexity index is 850. The third kappa shape index (κ3) is 4.50. The molecule has 13 unspecified atom stereocenters. The van der Waals surface area contributed by atoms with Gasteiger partial charge < -0.3 is 35.4 Å². The van der Waals surface area contributed by atoms with Crippen molar-refractivity contribution in [2.45, 2.75) is 121 Å². The molecule has 5 aliphatic carbocycles. The summed E-state index contributed by atoms with van der Waals surface area (Å²) in [6.45, 7) is 6.42. The first kappa shape index (κ1) is 28.9. The molecule has 0 aliphatic heterocycles. The Morgan fingerprint density at radius 1 is 0.895 bits per heavy atom. The van der Waals surface area contributed by atoms with Crippen LogP contribution in [0.1, 0.15) is 78.6 Å². The Balaban J connectivity index is 1.40. The second-order valence-electron chi connectivity index (χ2n) is 13.5. The van der Waals surface area contributed by atoms with Crippen molar-refractivity contribution in [2.75, 3.05) is 6.61 Å². The van der Waals surface area contributed by atoms with E-state index < -0.39 is 65.6 Å². The van der Waals surface area contributed by atoms with Gasteiger partial charge in [-0.3, -0.25) is 4.79 Å². The number of aliphatic hydroxyl groups is 6. The van der Waals surface area contributed by atoms with Gasteiger partial charge in [0.25, 0.3) is 0 Å². The first-order valence-corrected chi connectivity index (χ1v) is 15.3. The SMILES string of the molecule is CCOC1CCC(C2CCC(O)C3C(O)C4C(O)[C@]5(O)C(=O)C(C(C)O)C(O)C[C@@H]5C[C@@H]4CC23)CC1CC. The van der Waals surface area contributed by atoms with E-state index in [2.05, 4.69) is 13.8 Å². The summed E-state index contributed by atoms with van der Waals surface area (Å²) in [7, 11) is 0. The number of Topliss-reactive ketones (excluding diaryl/α,β-unsaturated/α-hetero) is 1. The van der Waals surface area contributed by atoms with Crippen molar-refractivity contribution in [1.82, 2.24) is 0 Å². The van der Waals surface area contributed by atoms with E-state index in [1.54, 1.807) is 0 Å². The minimum atomic E-state index is -2.11. The molecule has 0 saturated heterocycles. The van der Waals surface area contributed by atoms with Crippen molar-refractivity contribution in [3.05, 3.63) is 0 Å². The number of aliphatic hydroxyl groups excluding tert-OH is 5. The lowest BCUT2D eigenvalue weighted by Gasteiger charge is -2.61. The zero-order chi connectivity index (χ0) is 27.5. The highest BCUT2D eigenvalue weighted by Gasteiger charge is 2.67. The highest BCUT2D eigenvalue weighted by atomic mass is 16.5. The highest BCUT2D eigenvalue weighted by Crippen LogP contribution is 2.59. The molecule has 0 amide bonds. The average molecular weight is 539 g/mol. The molecular formula is C30H50O8. The van der Waals surface area contributed by atoms with Crippen molar-refractivity contribution < 1.29 is 40.2 Å². The highest BCUT2D eigenvalue weighted by molar-refractivity contribution is 5.92. The predicted octanol–water partition coefficient (Wildman–Crippen LogP) is 1.66. The van der Waals surface area contributed by atoms with Gasteiger partial charge in [-0.05, 0) is 94.8 Å². The van der Waals surface area contributed by atoms with Crippen LogP contribution >= 0.6 is 0 Å². The van der Waals surface area contributed by atoms with Gasteiger partial charge in [0.05, 0.1) is 42.5 Å². The number of ether oxygens (including phenoxy) is 1. The molecule has 8 nitrogen and oxygen atoms in total. The van der Waals surface area contributed by atoms with E-state index in [1.807, 2.05) is 0 Å². The van der Waals surface area contributed by atoms with Gasteiger partial charge in [-0.25, -0.2) is 0 Å². The molecule has 0 aromatic rings. The molecule has 38 heavy (non-hydrogen) atoms. The van der Waals surface area contributed by atoms with Crippen LogP contribution in [0.5, 0.6) is 0 Å². The molecule has 6 N–H and O–H groups in total. The molecule has 0 aromatic carbocycles. The monoisotopic (exact) mass is 538 g/mol. The minimum absolute atomic E-state index is 0.107. The number of hydrogen-bond donors (Lipinski definition) is 6. The Morgan fingerprint density at radius 3 is 2.29 bits per heavy atom. The summed E-state index contributed by atoms with van der Waals surface area (Å²) in [5, 5.41) is 66.9. The molecule has 5 aliphatic rings. The number of hydrogen-bond acceptors (Lipinski definition) is 8. The van der Waals surface area contributed by atoms with Gasteiger partial charge in [0, 0.05) is 24.4 Å². The topological polar surface area (TPSA) is 148 Å². The largest absolute Gasteiger partial charge is 0.393 e. The molecular weight excluding hydrogens is 488 g/mol. The van der Waals surface area contributed by atoms with Gasteiger partial charge in [-0.15, -0.1) is 0 Å². The first-order chi connectivity index (χ1) is 18.0. The molecule has 218 valence electrons. The number of ketones is 1. The standard InChI is InChI=1S/C30H50O8/c1-4-15-10-16(6-9-23(15)38-5-2)19-7-8-21(32)26-20(19)12-17-11-18-13-22(33)24(14(3)31)28(35)30(18,37)29(36)25(17)27(26)34/h14-27,29,31-34,36-37H,4-13H2,1-3H3/t14?,15?,16?,17-,18+,19?,20?,21?,22?,23?,24?,25?,26?,27?,29?,30-/m1/s1. The van der Waals surface area contributed by atoms with Crippen LogP contribution in [0.15, 0.2) is 0 Å². The van der Waals surface area contributed by atoms with Crippen molar-refractivity contribution in [3.8, 4) is 0 Å². The Kier molecular flexibility index (Phi) is 8.36. The number of rotatable bonds is 5. The van der Waals surface area contributed by atoms with Crippen LogP contribution in [0.25, 0.3) is 0 Å². The second kappa shape index (κ2) is 11.0. The molecule has 5 fully saturated rings. The Morgan fingerprint density at radius 2 is 1.63 bits per heavy atom. The van der Waals surface area contributed by atoms with E-state index in [0.29, 0.717) is 36.7 Å². The molecule has 16 atom stereocenters. The Hall–Kier alpha value is -0.610. The smallest absolute Gasteiger partial charge is 0.175 e. The van der Waals surface area contributed by atoms with Gasteiger partial charge in [-0.1, -0.05) is 13.3 Å². The fourth-order valence-corrected chi connectivity index (χ4v) is 10.1. The van der Waals surface area contributed by atoms with Crippen molar-refractivity contribution >= 4 is 5.78 Å². The van der Waals surface area contributed by atoms with Crippen LogP contribution in [0, 0.1) is 53.3 Å². The van der Waals surface area contributed by atoms with E-state index in [1.165, 1.54) is 6.92 Å². The summed E-state index contributed by atoms with van der Waals surface area (Å²) in [6.07, 6.45) is 2.03. The zero-order valence-corrected chi connectivity index (χ0v) is 23.2. The maximum atomic E-state index is 13.4. The number of carbonyl (C=O) groups is 1. The zero-order valence-electron chi connectivity index (χ0n) is 23.2. The molecule has 5 saturated carbocycles. The van der Waals surface area contributed by atoms with Crippen LogP contribution in [-0.4, -0.2) is 85.3 Å². The van der Waals surface area contributed by atoms with E-state index in [-0.39, 0.29) is 18.3 Å². The van der Waals surface area contributed by atoms with Crippen molar-refractivity contribution in [2.24, 2.45) is 53.3 Å². The lowest BCUT2D eigenvalue weighted by atomic mass is 9.47. The lowest BCUT2D eigenvalue weighted by molar-refractivity contribution is -0.246. The predicted molar refractivity (Wildman–Crippen MR) is 140 cm³/mol. The van der Waals surface area contributed by atoms with Gasteiger partial charge in [-0.2, -0.15) is 0 Å². The van der Waals surface area contributed by atoms with E-state index in [4.69, 9.17) is 4.74 Å². The average Bonchev–Trinajstić information content (AvgIpc) is 2.86. The summed E-state index contributed by atoms with van der Waals surface area (Å²) in [6, 6.07) is 0. The van der Waals surface area contributed by atoms with E-state index >= 15 is 0 Å². The summed E-state index contributed by atoms with van der Waals surface area (Å²) < 4.78 is 6.05. The van der Waals surface area contributed by atoms with Gasteiger partial charge in [0.1, 0.15) is 0 Å². The fourth-order valence-electron chi connectivity index (χ4n) is 10.1. The van der Waals surface area contributed by atoms with Crippen molar-refractivity contribution in [1.29, 1.82) is 0 Å². The molecule has 5 rings (SSSR count). The van der Waals surface area contributed by atoms with Crippen LogP contribution < -0.4 is 0 Å². The molecule has 0 heterocycles. The van der Waals surface area contributed by atoms with Crippen LogP contribution in [0.4, 0.5) is 0 Å². The van der Waals surface area contributed by atoms with E-state index in [0.717, 1.165) is 45.1 Å². The molecule has 0 spiro atoms. The van der Waals surface area contributed by atoms with E-state index in [9.17, 15) is 35.4 Å². The quantitative estimate of drug-likeness (QED) is 0.310. The third-order valence-corrected chi connectivity index (χ3v) is 11.8. The van der Waals surface area contributed by atoms with Crippen LogP contribution in [-0.2, 0) is 9.53 Å². The maximum absolute atomic E-state index is 13.4. The summed E-state index contributed by atoms with van der Waals surface area (Å²) in [5.74, 6) is -2.22.